The fourth-order valence-electron chi connectivity index (χ4n) is 2.61. The highest BCUT2D eigenvalue weighted by Crippen LogP contribution is 2.35. The molecule has 100 valence electrons. The minimum atomic E-state index is -0.0920. The Kier molecular flexibility index (Phi) is 5.14. The van der Waals surface area contributed by atoms with Crippen LogP contribution in [0.25, 0.3) is 0 Å². The highest BCUT2D eigenvalue weighted by atomic mass is 16.1. The Morgan fingerprint density at radius 3 is 2.47 bits per heavy atom. The van der Waals surface area contributed by atoms with Crippen LogP contribution >= 0.6 is 0 Å². The minimum Gasteiger partial charge on any atom is -0.308 e. The quantitative estimate of drug-likeness (QED) is 0.733. The van der Waals surface area contributed by atoms with Gasteiger partial charge in [0.1, 0.15) is 5.78 Å². The number of hydrogen-bond donors (Lipinski definition) is 0. The van der Waals surface area contributed by atoms with Gasteiger partial charge in [0.05, 0.1) is 0 Å². The maximum absolute atomic E-state index is 12.3. The van der Waals surface area contributed by atoms with Gasteiger partial charge in [0.2, 0.25) is 0 Å². The van der Waals surface area contributed by atoms with Crippen LogP contribution in [0.4, 0.5) is 0 Å². The minimum absolute atomic E-state index is 0.0920. The molecule has 0 aliphatic heterocycles. The van der Waals surface area contributed by atoms with E-state index in [4.69, 9.17) is 0 Å². The van der Waals surface area contributed by atoms with Crippen LogP contribution in [0, 0.1) is 11.3 Å². The molecule has 1 fully saturated rings. The van der Waals surface area contributed by atoms with Gasteiger partial charge < -0.3 is 9.80 Å². The molecule has 0 aromatic rings. The molecule has 0 spiro atoms. The molecule has 1 unspecified atom stereocenters. The van der Waals surface area contributed by atoms with Gasteiger partial charge in [-0.2, -0.15) is 0 Å². The molecule has 0 amide bonds. The number of nitrogens with zero attached hydrogens (tertiary/aromatic N) is 2. The number of likely N-dealkylation sites (N-methyl/N-ethyl adjacent to an activating group) is 2. The highest BCUT2D eigenvalue weighted by Gasteiger charge is 2.37. The summed E-state index contributed by atoms with van der Waals surface area (Å²) in [5, 5.41) is 0. The molecule has 1 atom stereocenters. The van der Waals surface area contributed by atoms with Gasteiger partial charge in [-0.15, -0.1) is 0 Å². The second-order valence-electron chi connectivity index (χ2n) is 6.40. The lowest BCUT2D eigenvalue weighted by molar-refractivity contribution is -0.134. The van der Waals surface area contributed by atoms with Crippen LogP contribution in [0.15, 0.2) is 0 Å². The number of Topliss-reactive ketones (excluding diaryl/α,β-unsaturated/α-hetero) is 1. The van der Waals surface area contributed by atoms with Crippen molar-refractivity contribution in [2.24, 2.45) is 11.3 Å². The van der Waals surface area contributed by atoms with Gasteiger partial charge in [0.25, 0.3) is 0 Å². The zero-order valence-electron chi connectivity index (χ0n) is 12.1. The van der Waals surface area contributed by atoms with Crippen molar-refractivity contribution in [1.29, 1.82) is 0 Å². The van der Waals surface area contributed by atoms with Crippen LogP contribution in [-0.4, -0.2) is 56.4 Å². The molecule has 0 N–H and O–H groups in total. The topological polar surface area (TPSA) is 23.6 Å². The molecule has 0 bridgehead atoms. The molecular formula is C14H28N2O. The summed E-state index contributed by atoms with van der Waals surface area (Å²) >= 11 is 0. The van der Waals surface area contributed by atoms with E-state index in [9.17, 15) is 4.79 Å². The van der Waals surface area contributed by atoms with Gasteiger partial charge in [-0.05, 0) is 34.0 Å². The van der Waals surface area contributed by atoms with Gasteiger partial charge in [-0.1, -0.05) is 20.3 Å². The molecule has 3 heteroatoms. The molecule has 3 nitrogen and oxygen atoms in total. The number of hydrogen-bond acceptors (Lipinski definition) is 3. The number of carbonyl (C=O) groups is 1. The summed E-state index contributed by atoms with van der Waals surface area (Å²) in [6.45, 7) is 7.22. The Hall–Kier alpha value is -0.410. The first-order chi connectivity index (χ1) is 7.83. The third-order valence-electron chi connectivity index (χ3n) is 3.85. The van der Waals surface area contributed by atoms with E-state index in [1.807, 2.05) is 0 Å². The molecule has 1 aliphatic carbocycles. The summed E-state index contributed by atoms with van der Waals surface area (Å²) in [4.78, 5) is 16.8. The predicted molar refractivity (Wildman–Crippen MR) is 72.2 cm³/mol. The lowest BCUT2D eigenvalue weighted by Crippen LogP contribution is -2.42. The average Bonchev–Trinajstić information content (AvgIpc) is 2.22. The van der Waals surface area contributed by atoms with E-state index in [2.05, 4.69) is 44.8 Å². The largest absolute Gasteiger partial charge is 0.308 e. The molecule has 0 aromatic heterocycles. The standard InChI is InChI=1S/C14H28N2O/c1-14(2)8-6-7-12(13(14)17)11-16(5)10-9-15(3)4/h12H,6-11H2,1-5H3. The van der Waals surface area contributed by atoms with Crippen molar-refractivity contribution in [2.45, 2.75) is 33.1 Å². The van der Waals surface area contributed by atoms with Gasteiger partial charge >= 0.3 is 0 Å². The molecule has 1 aliphatic rings. The fraction of sp³-hybridized carbons (Fsp3) is 0.929. The summed E-state index contributed by atoms with van der Waals surface area (Å²) in [6.07, 6.45) is 3.34. The molecule has 1 rings (SSSR count). The number of carbonyl (C=O) groups excluding carboxylic acids is 1. The lowest BCUT2D eigenvalue weighted by Gasteiger charge is -2.35. The van der Waals surface area contributed by atoms with E-state index in [0.717, 1.165) is 32.5 Å². The number of rotatable bonds is 5. The Morgan fingerprint density at radius 1 is 1.24 bits per heavy atom. The molecule has 17 heavy (non-hydrogen) atoms. The summed E-state index contributed by atoms with van der Waals surface area (Å²) in [5.74, 6) is 0.728. The number of ketones is 1. The average molecular weight is 240 g/mol. The van der Waals surface area contributed by atoms with Crippen LogP contribution in [0.2, 0.25) is 0 Å². The Labute approximate surface area is 106 Å². The van der Waals surface area contributed by atoms with Gasteiger partial charge in [0.15, 0.2) is 0 Å². The van der Waals surface area contributed by atoms with Crippen molar-refractivity contribution >= 4 is 5.78 Å². The normalized spacial score (nSPS) is 24.6. The first-order valence-corrected chi connectivity index (χ1v) is 6.70. The summed E-state index contributed by atoms with van der Waals surface area (Å²) in [6, 6.07) is 0. The van der Waals surface area contributed by atoms with E-state index in [1.165, 1.54) is 6.42 Å². The Balaban J connectivity index is 2.42. The Bertz CT molecular complexity index is 261. The van der Waals surface area contributed by atoms with E-state index in [1.54, 1.807) is 0 Å². The van der Waals surface area contributed by atoms with Crippen LogP contribution in [0.5, 0.6) is 0 Å². The second-order valence-corrected chi connectivity index (χ2v) is 6.40. The van der Waals surface area contributed by atoms with Crippen molar-refractivity contribution < 1.29 is 4.79 Å². The third kappa shape index (κ3) is 4.40. The van der Waals surface area contributed by atoms with Crippen LogP contribution < -0.4 is 0 Å². The van der Waals surface area contributed by atoms with E-state index in [0.29, 0.717) is 5.78 Å². The SMILES string of the molecule is CN(C)CCN(C)CC1CCCC(C)(C)C1=O. The third-order valence-corrected chi connectivity index (χ3v) is 3.85. The molecule has 0 saturated heterocycles. The zero-order chi connectivity index (χ0) is 13.1. The van der Waals surface area contributed by atoms with Crippen LogP contribution in [0.1, 0.15) is 33.1 Å². The van der Waals surface area contributed by atoms with E-state index in [-0.39, 0.29) is 11.3 Å². The van der Waals surface area contributed by atoms with Crippen molar-refractivity contribution in [1.82, 2.24) is 9.80 Å². The summed E-state index contributed by atoms with van der Waals surface area (Å²) < 4.78 is 0. The van der Waals surface area contributed by atoms with Gasteiger partial charge in [0, 0.05) is 31.0 Å². The van der Waals surface area contributed by atoms with E-state index >= 15 is 0 Å². The van der Waals surface area contributed by atoms with Gasteiger partial charge in [-0.25, -0.2) is 0 Å². The highest BCUT2D eigenvalue weighted by molar-refractivity contribution is 5.87. The maximum atomic E-state index is 12.3. The van der Waals surface area contributed by atoms with Crippen molar-refractivity contribution in [3.8, 4) is 0 Å². The molecule has 1 saturated carbocycles. The lowest BCUT2D eigenvalue weighted by atomic mass is 9.71. The monoisotopic (exact) mass is 240 g/mol. The molecule has 0 radical (unpaired) electrons. The first kappa shape index (κ1) is 14.7. The fourth-order valence-corrected chi connectivity index (χ4v) is 2.61. The first-order valence-electron chi connectivity index (χ1n) is 6.70. The van der Waals surface area contributed by atoms with Crippen molar-refractivity contribution in [2.75, 3.05) is 40.8 Å². The smallest absolute Gasteiger partial charge is 0.142 e. The van der Waals surface area contributed by atoms with E-state index < -0.39 is 0 Å². The second kappa shape index (κ2) is 5.96. The maximum Gasteiger partial charge on any atom is 0.142 e. The van der Waals surface area contributed by atoms with Crippen molar-refractivity contribution in [3.05, 3.63) is 0 Å². The zero-order valence-corrected chi connectivity index (χ0v) is 12.1. The molecule has 0 aromatic carbocycles. The summed E-state index contributed by atoms with van der Waals surface area (Å²) in [7, 11) is 6.30. The van der Waals surface area contributed by atoms with Crippen LogP contribution in [-0.2, 0) is 4.79 Å². The van der Waals surface area contributed by atoms with Gasteiger partial charge in [-0.3, -0.25) is 4.79 Å². The predicted octanol–water partition coefficient (Wildman–Crippen LogP) is 1.88. The molecular weight excluding hydrogens is 212 g/mol. The van der Waals surface area contributed by atoms with Crippen molar-refractivity contribution in [3.63, 3.8) is 0 Å². The Morgan fingerprint density at radius 2 is 1.88 bits per heavy atom. The molecule has 0 heterocycles. The van der Waals surface area contributed by atoms with Crippen LogP contribution in [0.3, 0.4) is 0 Å². The summed E-state index contributed by atoms with van der Waals surface area (Å²) in [5.41, 5.74) is -0.0920.